The van der Waals surface area contributed by atoms with Crippen LogP contribution in [0.15, 0.2) is 24.3 Å². The van der Waals surface area contributed by atoms with Crippen LogP contribution in [0.4, 0.5) is 5.69 Å². The number of anilines is 1. The second-order valence-corrected chi connectivity index (χ2v) is 6.33. The highest BCUT2D eigenvalue weighted by atomic mass is 32.2. The van der Waals surface area contributed by atoms with Gasteiger partial charge in [-0.05, 0) is 19.1 Å². The highest BCUT2D eigenvalue weighted by molar-refractivity contribution is 8.22. The zero-order valence-electron chi connectivity index (χ0n) is 11.5. The Kier molecular flexibility index (Phi) is 5.22. The van der Waals surface area contributed by atoms with Gasteiger partial charge in [0.1, 0.15) is 4.32 Å². The summed E-state index contributed by atoms with van der Waals surface area (Å²) in [6.45, 7) is 3.06. The van der Waals surface area contributed by atoms with Gasteiger partial charge in [0.2, 0.25) is 0 Å². The number of carbonyl (C=O) groups excluding carboxylic acids is 1. The van der Waals surface area contributed by atoms with E-state index >= 15 is 0 Å². The van der Waals surface area contributed by atoms with Crippen molar-refractivity contribution >= 4 is 39.9 Å². The number of amides is 1. The van der Waals surface area contributed by atoms with Crippen molar-refractivity contribution in [3.63, 3.8) is 0 Å². The molecule has 0 saturated carbocycles. The van der Waals surface area contributed by atoms with Crippen LogP contribution in [-0.4, -0.2) is 46.2 Å². The fourth-order valence-electron chi connectivity index (χ4n) is 1.77. The molecule has 1 amide bonds. The summed E-state index contributed by atoms with van der Waals surface area (Å²) in [4.78, 5) is 15.9. The molecule has 0 radical (unpaired) electrons. The molecule has 1 aromatic rings. The Morgan fingerprint density at radius 1 is 1.40 bits per heavy atom. The molecule has 1 saturated heterocycles. The molecule has 0 unspecified atom stereocenters. The first kappa shape index (κ1) is 15.1. The lowest BCUT2D eigenvalue weighted by Crippen LogP contribution is -2.47. The maximum Gasteiger partial charge on any atom is 0.252 e. The number of thiocarbonyl (C=S) groups is 1. The molecular weight excluding hydrogens is 292 g/mol. The Bertz CT molecular complexity index is 492. The molecule has 20 heavy (non-hydrogen) atoms. The second kappa shape index (κ2) is 6.92. The molecule has 2 rings (SSSR count). The molecule has 7 heteroatoms. The predicted molar refractivity (Wildman–Crippen MR) is 87.3 cm³/mol. The molecule has 0 aliphatic carbocycles. The van der Waals surface area contributed by atoms with Crippen molar-refractivity contribution in [1.82, 2.24) is 15.2 Å². The highest BCUT2D eigenvalue weighted by Crippen LogP contribution is 2.16. The number of carbonyl (C=O) groups is 1. The molecule has 1 aliphatic heterocycles. The minimum atomic E-state index is -0.0626. The van der Waals surface area contributed by atoms with Crippen molar-refractivity contribution in [2.24, 2.45) is 0 Å². The summed E-state index contributed by atoms with van der Waals surface area (Å²) in [6, 6.07) is 7.84. The first-order valence-corrected chi connectivity index (χ1v) is 7.66. The number of thioether (sulfide) groups is 1. The number of nitrogens with zero attached hydrogens (tertiary/aromatic N) is 2. The van der Waals surface area contributed by atoms with E-state index in [1.165, 1.54) is 5.56 Å². The average molecular weight is 310 g/mol. The summed E-state index contributed by atoms with van der Waals surface area (Å²) in [7, 11) is 1.93. The van der Waals surface area contributed by atoms with E-state index in [0.717, 1.165) is 15.9 Å². The molecule has 1 fully saturated rings. The molecule has 1 heterocycles. The molecule has 0 spiro atoms. The number of benzene rings is 1. The van der Waals surface area contributed by atoms with Crippen molar-refractivity contribution in [2.75, 3.05) is 31.6 Å². The summed E-state index contributed by atoms with van der Waals surface area (Å²) in [6.07, 6.45) is 0. The maximum atomic E-state index is 11.9. The minimum absolute atomic E-state index is 0.0626. The van der Waals surface area contributed by atoms with E-state index in [9.17, 15) is 4.79 Å². The number of hydrogen-bond acceptors (Lipinski definition) is 5. The van der Waals surface area contributed by atoms with Gasteiger partial charge in [-0.2, -0.15) is 0 Å². The average Bonchev–Trinajstić information content (AvgIpc) is 2.42. The zero-order valence-corrected chi connectivity index (χ0v) is 13.2. The summed E-state index contributed by atoms with van der Waals surface area (Å²) >= 11 is 6.75. The van der Waals surface area contributed by atoms with E-state index in [1.54, 1.807) is 11.8 Å². The van der Waals surface area contributed by atoms with Crippen LogP contribution in [0.2, 0.25) is 0 Å². The van der Waals surface area contributed by atoms with E-state index in [4.69, 9.17) is 12.2 Å². The number of hydrazine groups is 1. The van der Waals surface area contributed by atoms with Crippen LogP contribution in [0.3, 0.4) is 0 Å². The van der Waals surface area contributed by atoms with Gasteiger partial charge in [0.05, 0.1) is 24.8 Å². The van der Waals surface area contributed by atoms with Gasteiger partial charge < -0.3 is 4.90 Å². The molecule has 2 N–H and O–H groups in total. The van der Waals surface area contributed by atoms with Crippen molar-refractivity contribution in [2.45, 2.75) is 6.92 Å². The Labute approximate surface area is 128 Å². The van der Waals surface area contributed by atoms with Crippen molar-refractivity contribution in [1.29, 1.82) is 0 Å². The summed E-state index contributed by atoms with van der Waals surface area (Å²) in [5.74, 6) is 0.689. The third-order valence-corrected chi connectivity index (χ3v) is 4.58. The van der Waals surface area contributed by atoms with Gasteiger partial charge in [0.15, 0.2) is 0 Å². The van der Waals surface area contributed by atoms with E-state index in [2.05, 4.69) is 10.9 Å². The Morgan fingerprint density at radius 2 is 2.10 bits per heavy atom. The third-order valence-electron chi connectivity index (χ3n) is 2.86. The number of aryl methyl sites for hydroxylation is 1. The molecular formula is C13H18N4OS2. The van der Waals surface area contributed by atoms with Gasteiger partial charge in [0.25, 0.3) is 5.91 Å². The first-order chi connectivity index (χ1) is 9.54. The topological polar surface area (TPSA) is 47.6 Å². The fraction of sp³-hybridized carbons (Fsp3) is 0.385. The number of rotatable bonds is 4. The largest absolute Gasteiger partial charge is 0.348 e. The van der Waals surface area contributed by atoms with E-state index in [1.807, 2.05) is 48.0 Å². The van der Waals surface area contributed by atoms with Gasteiger partial charge in [-0.15, -0.1) is 0 Å². The van der Waals surface area contributed by atoms with Crippen LogP contribution in [0.25, 0.3) is 0 Å². The summed E-state index contributed by atoms with van der Waals surface area (Å²) in [5.41, 5.74) is 7.67. The Morgan fingerprint density at radius 3 is 2.75 bits per heavy atom. The molecule has 5 nitrogen and oxygen atoms in total. The molecule has 0 aromatic heterocycles. The lowest BCUT2D eigenvalue weighted by Gasteiger charge is -2.33. The predicted octanol–water partition coefficient (Wildman–Crippen LogP) is 1.62. The molecule has 0 bridgehead atoms. The Hall–Kier alpha value is -1.31. The van der Waals surface area contributed by atoms with E-state index in [0.29, 0.717) is 13.2 Å². The van der Waals surface area contributed by atoms with E-state index in [-0.39, 0.29) is 5.91 Å². The SMILES string of the molecule is Cc1ccc(NNC(=O)CN2CSC(=S)N(C)C2)cc1. The first-order valence-electron chi connectivity index (χ1n) is 6.26. The van der Waals surface area contributed by atoms with Crippen LogP contribution in [0.5, 0.6) is 0 Å². The van der Waals surface area contributed by atoms with Crippen LogP contribution in [0, 0.1) is 6.92 Å². The van der Waals surface area contributed by atoms with Gasteiger partial charge in [-0.25, -0.2) is 0 Å². The van der Waals surface area contributed by atoms with Crippen LogP contribution in [-0.2, 0) is 4.79 Å². The van der Waals surface area contributed by atoms with Crippen molar-refractivity contribution in [3.05, 3.63) is 29.8 Å². The third kappa shape index (κ3) is 4.36. The van der Waals surface area contributed by atoms with Crippen LogP contribution >= 0.6 is 24.0 Å². The van der Waals surface area contributed by atoms with Crippen molar-refractivity contribution < 1.29 is 4.79 Å². The zero-order chi connectivity index (χ0) is 14.5. The van der Waals surface area contributed by atoms with Gasteiger partial charge >= 0.3 is 0 Å². The lowest BCUT2D eigenvalue weighted by atomic mass is 10.2. The van der Waals surface area contributed by atoms with Gasteiger partial charge in [0, 0.05) is 7.05 Å². The standard InChI is InChI=1S/C13H18N4OS2/c1-10-3-5-11(6-4-10)14-15-12(18)7-17-8-16(2)13(19)20-9-17/h3-6,14H,7-9H2,1-2H3,(H,15,18). The molecule has 1 aliphatic rings. The lowest BCUT2D eigenvalue weighted by molar-refractivity contribution is -0.121. The van der Waals surface area contributed by atoms with Gasteiger partial charge in [-0.3, -0.25) is 20.5 Å². The minimum Gasteiger partial charge on any atom is -0.348 e. The van der Waals surface area contributed by atoms with Crippen LogP contribution in [0.1, 0.15) is 5.56 Å². The summed E-state index contributed by atoms with van der Waals surface area (Å²) < 4.78 is 0.874. The van der Waals surface area contributed by atoms with Crippen molar-refractivity contribution in [3.8, 4) is 0 Å². The molecule has 1 aromatic carbocycles. The van der Waals surface area contributed by atoms with Gasteiger partial charge in [-0.1, -0.05) is 41.7 Å². The quantitative estimate of drug-likeness (QED) is 0.651. The number of nitrogens with one attached hydrogen (secondary N) is 2. The normalized spacial score (nSPS) is 16.1. The van der Waals surface area contributed by atoms with Crippen LogP contribution < -0.4 is 10.9 Å². The number of hydrogen-bond donors (Lipinski definition) is 2. The monoisotopic (exact) mass is 310 g/mol. The maximum absolute atomic E-state index is 11.9. The second-order valence-electron chi connectivity index (χ2n) is 4.75. The summed E-state index contributed by atoms with van der Waals surface area (Å²) in [5, 5.41) is 0. The molecule has 0 atom stereocenters. The highest BCUT2D eigenvalue weighted by Gasteiger charge is 2.20. The fourth-order valence-corrected chi connectivity index (χ4v) is 2.73. The molecule has 108 valence electrons. The smallest absolute Gasteiger partial charge is 0.252 e. The van der Waals surface area contributed by atoms with E-state index < -0.39 is 0 Å². The Balaban J connectivity index is 1.75.